The molecule has 0 spiro atoms. The summed E-state index contributed by atoms with van der Waals surface area (Å²) in [6.45, 7) is 6.07. The first kappa shape index (κ1) is 15.8. The van der Waals surface area contributed by atoms with E-state index in [2.05, 4.69) is 17.3 Å². The van der Waals surface area contributed by atoms with E-state index in [1.165, 1.54) is 19.3 Å². The van der Waals surface area contributed by atoms with Crippen molar-refractivity contribution in [2.24, 2.45) is 13.0 Å². The van der Waals surface area contributed by atoms with E-state index in [4.69, 9.17) is 0 Å². The molecule has 0 radical (unpaired) electrons. The van der Waals surface area contributed by atoms with Crippen molar-refractivity contribution in [3.8, 4) is 0 Å². The van der Waals surface area contributed by atoms with Crippen molar-refractivity contribution in [1.29, 1.82) is 0 Å². The third kappa shape index (κ3) is 3.19. The van der Waals surface area contributed by atoms with Gasteiger partial charge in [-0.3, -0.25) is 10.1 Å². The van der Waals surface area contributed by atoms with Crippen molar-refractivity contribution in [2.45, 2.75) is 64.8 Å². The van der Waals surface area contributed by atoms with Crippen LogP contribution in [0.25, 0.3) is 0 Å². The van der Waals surface area contributed by atoms with Crippen LogP contribution in [0.4, 0.5) is 11.5 Å². The highest BCUT2D eigenvalue weighted by molar-refractivity contribution is 5.61. The number of hydrogen-bond acceptors (Lipinski definition) is 4. The Bertz CT molecular complexity index is 510. The number of hydrogen-bond donors (Lipinski definition) is 1. The van der Waals surface area contributed by atoms with Gasteiger partial charge < -0.3 is 5.32 Å². The highest BCUT2D eigenvalue weighted by Crippen LogP contribution is 2.36. The van der Waals surface area contributed by atoms with Gasteiger partial charge in [-0.2, -0.15) is 5.10 Å². The van der Waals surface area contributed by atoms with Gasteiger partial charge in [0.05, 0.1) is 4.92 Å². The number of nitro groups is 1. The second kappa shape index (κ2) is 6.45. The maximum atomic E-state index is 11.5. The van der Waals surface area contributed by atoms with Gasteiger partial charge in [-0.15, -0.1) is 0 Å². The van der Waals surface area contributed by atoms with Gasteiger partial charge in [-0.25, -0.2) is 4.68 Å². The first-order chi connectivity index (χ1) is 9.95. The minimum Gasteiger partial charge on any atom is -0.362 e. The molecule has 1 aliphatic carbocycles. The van der Waals surface area contributed by atoms with Crippen molar-refractivity contribution >= 4 is 11.5 Å². The summed E-state index contributed by atoms with van der Waals surface area (Å²) in [7, 11) is 1.78. The molecule has 1 fully saturated rings. The molecular weight excluding hydrogens is 268 g/mol. The molecular formula is C15H26N4O2. The van der Waals surface area contributed by atoms with E-state index in [1.807, 2.05) is 13.8 Å². The third-order valence-electron chi connectivity index (χ3n) is 4.53. The molecule has 1 saturated carbocycles. The van der Waals surface area contributed by atoms with Crippen molar-refractivity contribution in [3.63, 3.8) is 0 Å². The SMILES string of the molecule is CCC1CCCCC1Nc1c([N+](=O)[O-])c(C(C)C)nn1C. The predicted octanol–water partition coefficient (Wildman–Crippen LogP) is 3.83. The molecule has 1 aliphatic rings. The Labute approximate surface area is 126 Å². The molecule has 118 valence electrons. The van der Waals surface area contributed by atoms with Crippen molar-refractivity contribution < 1.29 is 4.92 Å². The van der Waals surface area contributed by atoms with E-state index in [1.54, 1.807) is 11.7 Å². The lowest BCUT2D eigenvalue weighted by Crippen LogP contribution is -2.32. The molecule has 21 heavy (non-hydrogen) atoms. The van der Waals surface area contributed by atoms with Gasteiger partial charge >= 0.3 is 5.69 Å². The van der Waals surface area contributed by atoms with Crippen LogP contribution in [0.5, 0.6) is 0 Å². The summed E-state index contributed by atoms with van der Waals surface area (Å²) in [4.78, 5) is 11.2. The summed E-state index contributed by atoms with van der Waals surface area (Å²) >= 11 is 0. The quantitative estimate of drug-likeness (QED) is 0.661. The zero-order chi connectivity index (χ0) is 15.6. The average Bonchev–Trinajstić information content (AvgIpc) is 2.77. The first-order valence-electron chi connectivity index (χ1n) is 7.93. The fourth-order valence-electron chi connectivity index (χ4n) is 3.33. The average molecular weight is 294 g/mol. The highest BCUT2D eigenvalue weighted by atomic mass is 16.6. The Kier molecular flexibility index (Phi) is 4.85. The van der Waals surface area contributed by atoms with Crippen LogP contribution >= 0.6 is 0 Å². The second-order valence-electron chi connectivity index (χ2n) is 6.32. The van der Waals surface area contributed by atoms with Gasteiger partial charge in [0.1, 0.15) is 5.69 Å². The fourth-order valence-corrected chi connectivity index (χ4v) is 3.33. The summed E-state index contributed by atoms with van der Waals surface area (Å²) in [5.41, 5.74) is 0.710. The topological polar surface area (TPSA) is 73.0 Å². The standard InChI is InChI=1S/C15H26N4O2/c1-5-11-8-6-7-9-12(11)16-15-14(19(20)21)13(10(2)3)17-18(15)4/h10-12,16H,5-9H2,1-4H3. The Morgan fingerprint density at radius 2 is 2.10 bits per heavy atom. The zero-order valence-electron chi connectivity index (χ0n) is 13.4. The van der Waals surface area contributed by atoms with Gasteiger partial charge in [0.2, 0.25) is 5.82 Å². The molecule has 1 heterocycles. The summed E-state index contributed by atoms with van der Waals surface area (Å²) in [5.74, 6) is 1.20. The molecule has 0 bridgehead atoms. The molecule has 0 aliphatic heterocycles. The van der Waals surface area contributed by atoms with Crippen LogP contribution in [0.1, 0.15) is 64.5 Å². The molecule has 2 rings (SSSR count). The minimum atomic E-state index is -0.297. The normalized spacial score (nSPS) is 22.5. The van der Waals surface area contributed by atoms with Crippen LogP contribution < -0.4 is 5.32 Å². The molecule has 2 atom stereocenters. The number of anilines is 1. The molecule has 0 saturated heterocycles. The number of nitrogens with one attached hydrogen (secondary N) is 1. The van der Waals surface area contributed by atoms with E-state index in [9.17, 15) is 10.1 Å². The lowest BCUT2D eigenvalue weighted by molar-refractivity contribution is -0.384. The van der Waals surface area contributed by atoms with Crippen molar-refractivity contribution in [3.05, 3.63) is 15.8 Å². The lowest BCUT2D eigenvalue weighted by Gasteiger charge is -2.31. The summed E-state index contributed by atoms with van der Waals surface area (Å²) in [6, 6.07) is 0.317. The molecule has 0 aromatic carbocycles. The minimum absolute atomic E-state index is 0.0421. The summed E-state index contributed by atoms with van der Waals surface area (Å²) in [6.07, 6.45) is 5.85. The van der Waals surface area contributed by atoms with E-state index in [0.717, 1.165) is 12.8 Å². The van der Waals surface area contributed by atoms with E-state index in [0.29, 0.717) is 23.5 Å². The van der Waals surface area contributed by atoms with Crippen molar-refractivity contribution in [1.82, 2.24) is 9.78 Å². The van der Waals surface area contributed by atoms with Gasteiger partial charge in [-0.1, -0.05) is 40.0 Å². The molecule has 1 N–H and O–H groups in total. The van der Waals surface area contributed by atoms with Crippen LogP contribution in [-0.4, -0.2) is 20.7 Å². The van der Waals surface area contributed by atoms with Crippen LogP contribution in [0.2, 0.25) is 0 Å². The molecule has 1 aromatic heterocycles. The number of nitrogens with zero attached hydrogens (tertiary/aromatic N) is 3. The van der Waals surface area contributed by atoms with Gasteiger partial charge in [0.25, 0.3) is 0 Å². The maximum Gasteiger partial charge on any atom is 0.334 e. The summed E-state index contributed by atoms with van der Waals surface area (Å²) in [5, 5.41) is 19.3. The molecule has 2 unspecified atom stereocenters. The Balaban J connectivity index is 2.32. The molecule has 0 amide bonds. The van der Waals surface area contributed by atoms with E-state index in [-0.39, 0.29) is 16.5 Å². The van der Waals surface area contributed by atoms with Crippen LogP contribution in [0, 0.1) is 16.0 Å². The largest absolute Gasteiger partial charge is 0.362 e. The summed E-state index contributed by atoms with van der Waals surface area (Å²) < 4.78 is 1.63. The Morgan fingerprint density at radius 1 is 1.43 bits per heavy atom. The van der Waals surface area contributed by atoms with E-state index >= 15 is 0 Å². The van der Waals surface area contributed by atoms with Gasteiger partial charge in [0, 0.05) is 19.0 Å². The number of aryl methyl sites for hydroxylation is 1. The van der Waals surface area contributed by atoms with Crippen LogP contribution in [-0.2, 0) is 7.05 Å². The number of aromatic nitrogens is 2. The molecule has 6 nitrogen and oxygen atoms in total. The predicted molar refractivity (Wildman–Crippen MR) is 83.6 cm³/mol. The third-order valence-corrected chi connectivity index (χ3v) is 4.53. The first-order valence-corrected chi connectivity index (χ1v) is 7.93. The maximum absolute atomic E-state index is 11.5. The lowest BCUT2D eigenvalue weighted by atomic mass is 9.83. The molecule has 6 heteroatoms. The monoisotopic (exact) mass is 294 g/mol. The van der Waals surface area contributed by atoms with E-state index < -0.39 is 0 Å². The van der Waals surface area contributed by atoms with Crippen LogP contribution in [0.15, 0.2) is 0 Å². The van der Waals surface area contributed by atoms with Gasteiger partial charge in [-0.05, 0) is 18.8 Å². The highest BCUT2D eigenvalue weighted by Gasteiger charge is 2.32. The van der Waals surface area contributed by atoms with Gasteiger partial charge in [0.15, 0.2) is 0 Å². The van der Waals surface area contributed by atoms with Crippen LogP contribution in [0.3, 0.4) is 0 Å². The second-order valence-corrected chi connectivity index (χ2v) is 6.32. The Morgan fingerprint density at radius 3 is 2.67 bits per heavy atom. The fraction of sp³-hybridized carbons (Fsp3) is 0.800. The smallest absolute Gasteiger partial charge is 0.334 e. The Hall–Kier alpha value is -1.59. The zero-order valence-corrected chi connectivity index (χ0v) is 13.4. The van der Waals surface area contributed by atoms with Crippen molar-refractivity contribution in [2.75, 3.05) is 5.32 Å². The molecule has 1 aromatic rings. The number of rotatable bonds is 5.